The van der Waals surface area contributed by atoms with Crippen molar-refractivity contribution >= 4 is 23.5 Å². The molecular weight excluding hydrogens is 415 g/mol. The first-order chi connectivity index (χ1) is 15.5. The van der Waals surface area contributed by atoms with E-state index in [1.165, 1.54) is 17.0 Å². The van der Waals surface area contributed by atoms with E-state index in [1.807, 2.05) is 0 Å². The first kappa shape index (κ1) is 19.6. The second-order valence-corrected chi connectivity index (χ2v) is 7.18. The van der Waals surface area contributed by atoms with Gasteiger partial charge in [-0.3, -0.25) is 15.1 Å². The summed E-state index contributed by atoms with van der Waals surface area (Å²) < 4.78 is 20.2. The van der Waals surface area contributed by atoms with Crippen LogP contribution in [-0.2, 0) is 4.74 Å². The molecule has 0 radical (unpaired) electrons. The van der Waals surface area contributed by atoms with Crippen molar-refractivity contribution in [2.24, 2.45) is 5.84 Å². The molecule has 2 aromatic carbocycles. The summed E-state index contributed by atoms with van der Waals surface area (Å²) in [5.74, 6) is 4.81. The smallest absolute Gasteiger partial charge is 0.416 e. The fourth-order valence-corrected chi connectivity index (χ4v) is 3.69. The molecule has 5 rings (SSSR count). The summed E-state index contributed by atoms with van der Waals surface area (Å²) in [5.41, 5.74) is 5.28. The molecule has 0 bridgehead atoms. The lowest BCUT2D eigenvalue weighted by atomic mass is 10.1. The molecule has 1 atom stereocenters. The van der Waals surface area contributed by atoms with Gasteiger partial charge >= 0.3 is 6.09 Å². The number of aromatic nitrogens is 3. The average molecular weight is 432 g/mol. The quantitative estimate of drug-likeness (QED) is 0.291. The second-order valence-electron chi connectivity index (χ2n) is 7.18. The molecule has 0 aliphatic carbocycles. The van der Waals surface area contributed by atoms with Gasteiger partial charge in [-0.05, 0) is 41.5 Å². The number of fused-ring (bicyclic) bond motifs is 1. The number of nitrogens with two attached hydrogens (primary N) is 1. The van der Waals surface area contributed by atoms with E-state index in [1.54, 1.807) is 59.4 Å². The third-order valence-electron chi connectivity index (χ3n) is 5.32. The standard InChI is InChI=1S/C22H17FN6O3/c23-16-7-5-14(6-8-16)18-12-32-22(31)29(18)19-9-10-28-20(26-19)17(11-25-28)13-1-3-15(4-2-13)21(30)27-24/h1-11,18H,12,24H2,(H,27,30). The highest BCUT2D eigenvalue weighted by atomic mass is 19.1. The molecule has 4 aromatic rings. The highest BCUT2D eigenvalue weighted by molar-refractivity contribution is 5.94. The molecule has 1 aliphatic heterocycles. The van der Waals surface area contributed by atoms with Crippen LogP contribution >= 0.6 is 0 Å². The summed E-state index contributed by atoms with van der Waals surface area (Å²) in [7, 11) is 0. The first-order valence-electron chi connectivity index (χ1n) is 9.72. The predicted molar refractivity (Wildman–Crippen MR) is 113 cm³/mol. The van der Waals surface area contributed by atoms with Crippen molar-refractivity contribution in [2.75, 3.05) is 11.5 Å². The lowest BCUT2D eigenvalue weighted by Gasteiger charge is -2.20. The number of benzene rings is 2. The molecule has 32 heavy (non-hydrogen) atoms. The molecule has 2 aromatic heterocycles. The van der Waals surface area contributed by atoms with Gasteiger partial charge in [0.1, 0.15) is 24.3 Å². The van der Waals surface area contributed by atoms with Crippen molar-refractivity contribution in [1.82, 2.24) is 20.0 Å². The van der Waals surface area contributed by atoms with Crippen LogP contribution in [0.3, 0.4) is 0 Å². The van der Waals surface area contributed by atoms with E-state index in [2.05, 4.69) is 15.5 Å². The molecule has 0 spiro atoms. The summed E-state index contributed by atoms with van der Waals surface area (Å²) in [6, 6.07) is 14.0. The van der Waals surface area contributed by atoms with Crippen LogP contribution in [0.1, 0.15) is 22.0 Å². The molecule has 1 unspecified atom stereocenters. The zero-order chi connectivity index (χ0) is 22.2. The number of carbonyl (C=O) groups is 2. The van der Waals surface area contributed by atoms with Gasteiger partial charge in [0.15, 0.2) is 5.65 Å². The van der Waals surface area contributed by atoms with Crippen LogP contribution in [0.5, 0.6) is 0 Å². The molecule has 2 amide bonds. The summed E-state index contributed by atoms with van der Waals surface area (Å²) in [6.45, 7) is 0.133. The van der Waals surface area contributed by atoms with Crippen molar-refractivity contribution in [3.05, 3.63) is 83.9 Å². The van der Waals surface area contributed by atoms with Crippen LogP contribution in [0, 0.1) is 5.82 Å². The van der Waals surface area contributed by atoms with Crippen molar-refractivity contribution in [2.45, 2.75) is 6.04 Å². The normalized spacial score (nSPS) is 15.8. The van der Waals surface area contributed by atoms with Gasteiger partial charge < -0.3 is 4.74 Å². The monoisotopic (exact) mass is 432 g/mol. The van der Waals surface area contributed by atoms with E-state index < -0.39 is 18.0 Å². The van der Waals surface area contributed by atoms with E-state index in [0.717, 1.165) is 16.7 Å². The van der Waals surface area contributed by atoms with E-state index in [9.17, 15) is 14.0 Å². The maximum atomic E-state index is 13.3. The molecule has 1 fully saturated rings. The fraction of sp³-hybridized carbons (Fsp3) is 0.0909. The van der Waals surface area contributed by atoms with Gasteiger partial charge in [-0.25, -0.2) is 24.5 Å². The van der Waals surface area contributed by atoms with Gasteiger partial charge in [0.05, 0.1) is 6.20 Å². The molecular formula is C22H17FN6O3. The SMILES string of the molecule is NNC(=O)c1ccc(-c2cnn3ccc(N4C(=O)OCC4c4ccc(F)cc4)nc23)cc1. The van der Waals surface area contributed by atoms with Crippen LogP contribution in [0.15, 0.2) is 67.0 Å². The van der Waals surface area contributed by atoms with Crippen LogP contribution in [0.4, 0.5) is 15.0 Å². The van der Waals surface area contributed by atoms with E-state index in [0.29, 0.717) is 17.0 Å². The Morgan fingerprint density at radius 3 is 2.59 bits per heavy atom. The number of nitrogen functional groups attached to an aromatic ring is 1. The Balaban J connectivity index is 1.53. The predicted octanol–water partition coefficient (Wildman–Crippen LogP) is 2.84. The maximum absolute atomic E-state index is 13.3. The third kappa shape index (κ3) is 3.32. The number of cyclic esters (lactones) is 1. The minimum Gasteiger partial charge on any atom is -0.447 e. The van der Waals surface area contributed by atoms with E-state index in [4.69, 9.17) is 10.6 Å². The van der Waals surface area contributed by atoms with Gasteiger partial charge in [-0.2, -0.15) is 5.10 Å². The zero-order valence-electron chi connectivity index (χ0n) is 16.6. The summed E-state index contributed by atoms with van der Waals surface area (Å²) >= 11 is 0. The van der Waals surface area contributed by atoms with Crippen molar-refractivity contribution in [3.63, 3.8) is 0 Å². The van der Waals surface area contributed by atoms with E-state index in [-0.39, 0.29) is 12.4 Å². The van der Waals surface area contributed by atoms with Crippen LogP contribution in [0.25, 0.3) is 16.8 Å². The molecule has 1 aliphatic rings. The Morgan fingerprint density at radius 1 is 1.12 bits per heavy atom. The summed E-state index contributed by atoms with van der Waals surface area (Å²) in [5, 5.41) is 4.32. The number of hydrazine groups is 1. The number of nitrogens with one attached hydrogen (secondary N) is 1. The van der Waals surface area contributed by atoms with Gasteiger partial charge in [0, 0.05) is 17.3 Å². The van der Waals surface area contributed by atoms with Crippen LogP contribution in [-0.4, -0.2) is 33.2 Å². The third-order valence-corrected chi connectivity index (χ3v) is 5.32. The second kappa shape index (κ2) is 7.75. The summed E-state index contributed by atoms with van der Waals surface area (Å²) in [6.07, 6.45) is 2.82. The minimum absolute atomic E-state index is 0.133. The lowest BCUT2D eigenvalue weighted by Crippen LogP contribution is -2.29. The number of carbonyl (C=O) groups excluding carboxylic acids is 2. The molecule has 0 saturated carbocycles. The average Bonchev–Trinajstić information content (AvgIpc) is 3.42. The Labute approximate surface area is 181 Å². The maximum Gasteiger partial charge on any atom is 0.416 e. The topological polar surface area (TPSA) is 115 Å². The number of halogens is 1. The Morgan fingerprint density at radius 2 is 1.88 bits per heavy atom. The fourth-order valence-electron chi connectivity index (χ4n) is 3.69. The number of nitrogens with zero attached hydrogens (tertiary/aromatic N) is 4. The minimum atomic E-state index is -0.533. The lowest BCUT2D eigenvalue weighted by molar-refractivity contribution is 0.0953. The largest absolute Gasteiger partial charge is 0.447 e. The number of hydrogen-bond acceptors (Lipinski definition) is 6. The van der Waals surface area contributed by atoms with E-state index >= 15 is 0 Å². The highest BCUT2D eigenvalue weighted by Crippen LogP contribution is 2.33. The first-order valence-corrected chi connectivity index (χ1v) is 9.72. The summed E-state index contributed by atoms with van der Waals surface area (Å²) in [4.78, 5) is 30.3. The van der Waals surface area contributed by atoms with Gasteiger partial charge in [0.2, 0.25) is 0 Å². The molecule has 1 saturated heterocycles. The molecule has 9 nitrogen and oxygen atoms in total. The zero-order valence-corrected chi connectivity index (χ0v) is 16.6. The van der Waals surface area contributed by atoms with Crippen molar-refractivity contribution < 1.29 is 18.7 Å². The number of ether oxygens (including phenoxy) is 1. The van der Waals surface area contributed by atoms with Crippen molar-refractivity contribution in [3.8, 4) is 11.1 Å². The van der Waals surface area contributed by atoms with Crippen LogP contribution in [0.2, 0.25) is 0 Å². The molecule has 10 heteroatoms. The molecule has 3 heterocycles. The van der Waals surface area contributed by atoms with Crippen molar-refractivity contribution in [1.29, 1.82) is 0 Å². The number of hydrogen-bond donors (Lipinski definition) is 2. The van der Waals surface area contributed by atoms with Gasteiger partial charge in [-0.1, -0.05) is 24.3 Å². The Hall–Kier alpha value is -4.31. The molecule has 160 valence electrons. The number of rotatable bonds is 4. The Kier molecular flexibility index (Phi) is 4.75. The van der Waals surface area contributed by atoms with Gasteiger partial charge in [-0.15, -0.1) is 0 Å². The highest BCUT2D eigenvalue weighted by Gasteiger charge is 2.36. The van der Waals surface area contributed by atoms with Gasteiger partial charge in [0.25, 0.3) is 5.91 Å². The number of anilines is 1. The Bertz CT molecular complexity index is 1320. The van der Waals surface area contributed by atoms with Crippen LogP contribution < -0.4 is 16.2 Å². The number of amides is 2. The molecule has 3 N–H and O–H groups in total.